The summed E-state index contributed by atoms with van der Waals surface area (Å²) in [5.74, 6) is 1.38. The first kappa shape index (κ1) is 21.3. The first-order valence-corrected chi connectivity index (χ1v) is 10.8. The predicted octanol–water partition coefficient (Wildman–Crippen LogP) is 4.38. The fourth-order valence-corrected chi connectivity index (χ4v) is 4.65. The van der Waals surface area contributed by atoms with E-state index >= 15 is 0 Å². The van der Waals surface area contributed by atoms with Gasteiger partial charge in [-0.15, -0.1) is 6.42 Å². The normalized spacial score (nSPS) is 11.5. The molecule has 6 heteroatoms. The van der Waals surface area contributed by atoms with E-state index in [0.29, 0.717) is 10.4 Å². The van der Waals surface area contributed by atoms with Gasteiger partial charge in [0, 0.05) is 0 Å². The predicted molar refractivity (Wildman–Crippen MR) is 125 cm³/mol. The number of thiazole rings is 1. The highest BCUT2D eigenvalue weighted by Gasteiger charge is 2.23. The second-order valence-electron chi connectivity index (χ2n) is 7.05. The van der Waals surface area contributed by atoms with Gasteiger partial charge < -0.3 is 9.30 Å². The lowest BCUT2D eigenvalue weighted by Gasteiger charge is -2.14. The van der Waals surface area contributed by atoms with Gasteiger partial charge in [-0.2, -0.15) is 4.99 Å². The van der Waals surface area contributed by atoms with Crippen LogP contribution >= 0.6 is 11.3 Å². The van der Waals surface area contributed by atoms with E-state index in [0.717, 1.165) is 21.3 Å². The zero-order valence-electron chi connectivity index (χ0n) is 17.4. The summed E-state index contributed by atoms with van der Waals surface area (Å²) >= 11 is 1.31. The molecule has 5 nitrogen and oxygen atoms in total. The average Bonchev–Trinajstić information content (AvgIpc) is 3.16. The molecule has 0 N–H and O–H groups in total. The van der Waals surface area contributed by atoms with E-state index in [1.54, 1.807) is 18.2 Å². The van der Waals surface area contributed by atoms with Gasteiger partial charge in [0.1, 0.15) is 0 Å². The summed E-state index contributed by atoms with van der Waals surface area (Å²) < 4.78 is 7.42. The quantitative estimate of drug-likeness (QED) is 0.342. The lowest BCUT2D eigenvalue weighted by molar-refractivity contribution is -0.118. The minimum atomic E-state index is -0.535. The number of nitrogens with zero attached hydrogens (tertiary/aromatic N) is 2. The van der Waals surface area contributed by atoms with Gasteiger partial charge in [-0.25, -0.2) is 4.79 Å². The van der Waals surface area contributed by atoms with Crippen LogP contribution in [0, 0.1) is 12.3 Å². The van der Waals surface area contributed by atoms with Crippen molar-refractivity contribution in [2.45, 2.75) is 12.5 Å². The van der Waals surface area contributed by atoms with Crippen LogP contribution in [0.15, 0.2) is 83.9 Å². The maximum Gasteiger partial charge on any atom is 0.337 e. The molecule has 0 spiro atoms. The van der Waals surface area contributed by atoms with Crippen LogP contribution < -0.4 is 4.80 Å². The Balaban J connectivity index is 1.86. The molecule has 158 valence electrons. The number of terminal acetylenes is 1. The topological polar surface area (TPSA) is 60.7 Å². The molecule has 0 bridgehead atoms. The SMILES string of the molecule is C#CCn1c(=NC(=O)C(c2ccccc2)c2ccccc2)sc2cc(C(=O)OC)ccc21. The van der Waals surface area contributed by atoms with Crippen LogP contribution in [0.4, 0.5) is 0 Å². The first-order valence-electron chi connectivity index (χ1n) is 9.96. The van der Waals surface area contributed by atoms with Crippen molar-refractivity contribution in [3.05, 3.63) is 100 Å². The van der Waals surface area contributed by atoms with Gasteiger partial charge in [0.15, 0.2) is 4.80 Å². The molecule has 0 radical (unpaired) electrons. The molecule has 3 aromatic carbocycles. The third kappa shape index (κ3) is 4.25. The highest BCUT2D eigenvalue weighted by molar-refractivity contribution is 7.16. The number of amides is 1. The summed E-state index contributed by atoms with van der Waals surface area (Å²) in [5, 5.41) is 0. The number of fused-ring (bicyclic) bond motifs is 1. The number of rotatable bonds is 5. The van der Waals surface area contributed by atoms with Crippen LogP contribution in [-0.2, 0) is 16.1 Å². The lowest BCUT2D eigenvalue weighted by atomic mass is 9.91. The number of hydrogen-bond acceptors (Lipinski definition) is 4. The van der Waals surface area contributed by atoms with Crippen molar-refractivity contribution >= 4 is 33.4 Å². The van der Waals surface area contributed by atoms with E-state index in [4.69, 9.17) is 11.2 Å². The van der Waals surface area contributed by atoms with Crippen LogP contribution in [-0.4, -0.2) is 23.6 Å². The molecule has 1 aromatic heterocycles. The van der Waals surface area contributed by atoms with E-state index in [-0.39, 0.29) is 12.5 Å². The van der Waals surface area contributed by atoms with Crippen LogP contribution in [0.2, 0.25) is 0 Å². The molecule has 1 heterocycles. The molecule has 4 rings (SSSR count). The first-order chi connectivity index (χ1) is 15.6. The molecule has 1 amide bonds. The molecule has 32 heavy (non-hydrogen) atoms. The number of ether oxygens (including phenoxy) is 1. The minimum absolute atomic E-state index is 0.255. The van der Waals surface area contributed by atoms with Crippen molar-refractivity contribution in [2.75, 3.05) is 7.11 Å². The summed E-state index contributed by atoms with van der Waals surface area (Å²) in [5.41, 5.74) is 2.97. The van der Waals surface area contributed by atoms with E-state index < -0.39 is 11.9 Å². The van der Waals surface area contributed by atoms with Crippen molar-refractivity contribution in [1.82, 2.24) is 4.57 Å². The van der Waals surface area contributed by atoms with Gasteiger partial charge in [-0.3, -0.25) is 4.79 Å². The van der Waals surface area contributed by atoms with E-state index in [9.17, 15) is 9.59 Å². The molecule has 0 aliphatic heterocycles. The van der Waals surface area contributed by atoms with Gasteiger partial charge in [0.05, 0.1) is 35.4 Å². The largest absolute Gasteiger partial charge is 0.465 e. The van der Waals surface area contributed by atoms with Gasteiger partial charge in [0.25, 0.3) is 5.91 Å². The summed E-state index contributed by atoms with van der Waals surface area (Å²) in [6, 6.07) is 24.4. The second kappa shape index (κ2) is 9.46. The molecule has 0 saturated carbocycles. The number of esters is 1. The molecular formula is C26H20N2O3S. The average molecular weight is 441 g/mol. The van der Waals surface area contributed by atoms with Crippen LogP contribution in [0.1, 0.15) is 27.4 Å². The van der Waals surface area contributed by atoms with Crippen molar-refractivity contribution in [3.8, 4) is 12.3 Å². The molecule has 0 aliphatic rings. The van der Waals surface area contributed by atoms with E-state index in [1.165, 1.54) is 18.4 Å². The van der Waals surface area contributed by atoms with Crippen LogP contribution in [0.25, 0.3) is 10.2 Å². The number of carbonyl (C=O) groups excluding carboxylic acids is 2. The lowest BCUT2D eigenvalue weighted by Crippen LogP contribution is -2.20. The monoisotopic (exact) mass is 440 g/mol. The summed E-state index contributed by atoms with van der Waals surface area (Å²) in [7, 11) is 1.34. The third-order valence-corrected chi connectivity index (χ3v) is 6.11. The van der Waals surface area contributed by atoms with Crippen molar-refractivity contribution in [1.29, 1.82) is 0 Å². The highest BCUT2D eigenvalue weighted by Crippen LogP contribution is 2.26. The summed E-state index contributed by atoms with van der Waals surface area (Å²) in [6.45, 7) is 0.255. The van der Waals surface area contributed by atoms with Gasteiger partial charge >= 0.3 is 5.97 Å². The Kier molecular flexibility index (Phi) is 6.29. The number of hydrogen-bond donors (Lipinski definition) is 0. The molecule has 4 aromatic rings. The van der Waals surface area contributed by atoms with Gasteiger partial charge in [-0.05, 0) is 29.3 Å². The third-order valence-electron chi connectivity index (χ3n) is 5.07. The Morgan fingerprint density at radius 1 is 1.03 bits per heavy atom. The molecule has 0 saturated heterocycles. The molecular weight excluding hydrogens is 420 g/mol. The van der Waals surface area contributed by atoms with Crippen LogP contribution in [0.5, 0.6) is 0 Å². The molecule has 0 unspecified atom stereocenters. The highest BCUT2D eigenvalue weighted by atomic mass is 32.1. The van der Waals surface area contributed by atoms with Crippen LogP contribution in [0.3, 0.4) is 0 Å². The minimum Gasteiger partial charge on any atom is -0.465 e. The number of carbonyl (C=O) groups is 2. The van der Waals surface area contributed by atoms with Crippen molar-refractivity contribution in [3.63, 3.8) is 0 Å². The van der Waals surface area contributed by atoms with Gasteiger partial charge in [-0.1, -0.05) is 77.9 Å². The zero-order chi connectivity index (χ0) is 22.5. The van der Waals surface area contributed by atoms with Crippen molar-refractivity contribution in [2.24, 2.45) is 4.99 Å². The molecule has 0 fully saturated rings. The fourth-order valence-electron chi connectivity index (χ4n) is 3.57. The number of methoxy groups -OCH3 is 1. The van der Waals surface area contributed by atoms with E-state index in [1.807, 2.05) is 65.2 Å². The maximum absolute atomic E-state index is 13.5. The second-order valence-corrected chi connectivity index (χ2v) is 8.06. The molecule has 0 atom stereocenters. The summed E-state index contributed by atoms with van der Waals surface area (Å²) in [6.07, 6.45) is 5.59. The molecule has 0 aliphatic carbocycles. The Morgan fingerprint density at radius 3 is 2.22 bits per heavy atom. The Bertz CT molecular complexity index is 1340. The number of benzene rings is 3. The standard InChI is InChI=1S/C26H20N2O3S/c1-3-16-28-21-15-14-20(25(30)31-2)17-22(21)32-26(28)27-24(29)23(18-10-6-4-7-11-18)19-12-8-5-9-13-19/h1,4-15,17,23H,16H2,2H3. The smallest absolute Gasteiger partial charge is 0.337 e. The van der Waals surface area contributed by atoms with Gasteiger partial charge in [0.2, 0.25) is 0 Å². The van der Waals surface area contributed by atoms with E-state index in [2.05, 4.69) is 10.9 Å². The Hall–Kier alpha value is -3.95. The number of aromatic nitrogens is 1. The Morgan fingerprint density at radius 2 is 1.66 bits per heavy atom. The maximum atomic E-state index is 13.5. The zero-order valence-corrected chi connectivity index (χ0v) is 18.2. The fraction of sp³-hybridized carbons (Fsp3) is 0.115. The van der Waals surface area contributed by atoms with Crippen molar-refractivity contribution < 1.29 is 14.3 Å². The summed E-state index contributed by atoms with van der Waals surface area (Å²) in [4.78, 5) is 30.4. The Labute approximate surface area is 189 Å².